The second-order valence-electron chi connectivity index (χ2n) is 5.99. The summed E-state index contributed by atoms with van der Waals surface area (Å²) in [6.45, 7) is 2.31. The van der Waals surface area contributed by atoms with Gasteiger partial charge in [-0.15, -0.1) is 0 Å². The van der Waals surface area contributed by atoms with Crippen molar-refractivity contribution in [2.24, 2.45) is 0 Å². The highest BCUT2D eigenvalue weighted by Gasteiger charge is 2.26. The van der Waals surface area contributed by atoms with Crippen molar-refractivity contribution in [1.82, 2.24) is 10.2 Å². The molecule has 1 saturated heterocycles. The van der Waals surface area contributed by atoms with Crippen molar-refractivity contribution < 1.29 is 28.8 Å². The van der Waals surface area contributed by atoms with Gasteiger partial charge in [0.2, 0.25) is 0 Å². The fourth-order valence-corrected chi connectivity index (χ4v) is 2.71. The average molecular weight is 379 g/mol. The molecule has 0 radical (unpaired) electrons. The van der Waals surface area contributed by atoms with Crippen LogP contribution in [0.4, 0.5) is 5.69 Å². The van der Waals surface area contributed by atoms with Crippen molar-refractivity contribution in [3.63, 3.8) is 0 Å². The summed E-state index contributed by atoms with van der Waals surface area (Å²) < 4.78 is 9.90. The lowest BCUT2D eigenvalue weighted by molar-refractivity contribution is -0.385. The lowest BCUT2D eigenvalue weighted by atomic mass is 10.1. The molecular formula is C17H21N3O7. The van der Waals surface area contributed by atoms with Gasteiger partial charge in [-0.2, -0.15) is 0 Å². The molecule has 0 spiro atoms. The number of hydrogen-bond donors (Lipinski definition) is 1. The maximum Gasteiger partial charge on any atom is 0.326 e. The normalized spacial score (nSPS) is 14.4. The summed E-state index contributed by atoms with van der Waals surface area (Å²) >= 11 is 0. The summed E-state index contributed by atoms with van der Waals surface area (Å²) in [5, 5.41) is 13.3. The number of nitro groups is 1. The molecule has 1 aliphatic rings. The summed E-state index contributed by atoms with van der Waals surface area (Å²) in [5.41, 5.74) is -0.367. The van der Waals surface area contributed by atoms with E-state index in [0.29, 0.717) is 13.1 Å². The van der Waals surface area contributed by atoms with E-state index in [9.17, 15) is 24.5 Å². The Labute approximate surface area is 155 Å². The summed E-state index contributed by atoms with van der Waals surface area (Å²) in [6, 6.07) is 3.69. The van der Waals surface area contributed by atoms with Crippen LogP contribution in [0.1, 0.15) is 30.1 Å². The number of likely N-dealkylation sites (tertiary alicyclic amines) is 1. The Morgan fingerprint density at radius 3 is 2.56 bits per heavy atom. The molecule has 1 N–H and O–H groups in total. The molecule has 1 aliphatic heterocycles. The lowest BCUT2D eigenvalue weighted by Gasteiger charge is -2.20. The van der Waals surface area contributed by atoms with Crippen LogP contribution in [0, 0.1) is 10.1 Å². The molecule has 146 valence electrons. The minimum Gasteiger partial charge on any atom is -0.490 e. The predicted octanol–water partition coefficient (Wildman–Crippen LogP) is 0.887. The minimum absolute atomic E-state index is 0.00325. The maximum atomic E-state index is 12.1. The Morgan fingerprint density at radius 2 is 1.96 bits per heavy atom. The van der Waals surface area contributed by atoms with Gasteiger partial charge >= 0.3 is 11.7 Å². The van der Waals surface area contributed by atoms with Crippen LogP contribution in [0.2, 0.25) is 0 Å². The standard InChI is InChI=1S/C17H21N3O7/c1-11(17(23)19-7-3-4-8-19)27-15(21)10-18-16(22)12-5-6-14(26-2)13(9-12)20(24)25/h5-6,9,11H,3-4,7-8,10H2,1-2H3,(H,18,22)/t11-/m1/s1. The van der Waals surface area contributed by atoms with E-state index >= 15 is 0 Å². The van der Waals surface area contributed by atoms with E-state index in [1.54, 1.807) is 4.90 Å². The summed E-state index contributed by atoms with van der Waals surface area (Å²) in [7, 11) is 1.28. The van der Waals surface area contributed by atoms with Crippen molar-refractivity contribution in [2.45, 2.75) is 25.9 Å². The van der Waals surface area contributed by atoms with Crippen LogP contribution < -0.4 is 10.1 Å². The highest BCUT2D eigenvalue weighted by atomic mass is 16.6. The molecule has 10 nitrogen and oxygen atoms in total. The van der Waals surface area contributed by atoms with Crippen molar-refractivity contribution in [2.75, 3.05) is 26.7 Å². The summed E-state index contributed by atoms with van der Waals surface area (Å²) in [6.07, 6.45) is 0.919. The number of esters is 1. The number of rotatable bonds is 7. The van der Waals surface area contributed by atoms with Crippen molar-refractivity contribution in [1.29, 1.82) is 0 Å². The molecule has 27 heavy (non-hydrogen) atoms. The van der Waals surface area contributed by atoms with Gasteiger partial charge in [-0.05, 0) is 31.9 Å². The third-order valence-electron chi connectivity index (χ3n) is 4.10. The first-order valence-electron chi connectivity index (χ1n) is 8.42. The van der Waals surface area contributed by atoms with Crippen LogP contribution in [0.15, 0.2) is 18.2 Å². The molecule has 0 saturated carbocycles. The Balaban J connectivity index is 1.89. The van der Waals surface area contributed by atoms with Gasteiger partial charge in [0.05, 0.1) is 12.0 Å². The highest BCUT2D eigenvalue weighted by molar-refractivity contribution is 5.97. The van der Waals surface area contributed by atoms with E-state index in [-0.39, 0.29) is 22.9 Å². The van der Waals surface area contributed by atoms with Gasteiger partial charge < -0.3 is 19.7 Å². The number of nitrogens with zero attached hydrogens (tertiary/aromatic N) is 2. The second kappa shape index (κ2) is 8.97. The van der Waals surface area contributed by atoms with Crippen molar-refractivity contribution >= 4 is 23.5 Å². The van der Waals surface area contributed by atoms with Crippen LogP contribution >= 0.6 is 0 Å². The van der Waals surface area contributed by atoms with E-state index in [0.717, 1.165) is 18.9 Å². The largest absolute Gasteiger partial charge is 0.490 e. The lowest BCUT2D eigenvalue weighted by Crippen LogP contribution is -2.40. The summed E-state index contributed by atoms with van der Waals surface area (Å²) in [5.74, 6) is -1.70. The molecule has 0 aromatic heterocycles. The van der Waals surface area contributed by atoms with E-state index in [1.807, 2.05) is 0 Å². The minimum atomic E-state index is -0.936. The number of hydrogen-bond acceptors (Lipinski definition) is 7. The van der Waals surface area contributed by atoms with Gasteiger partial charge in [-0.1, -0.05) is 0 Å². The van der Waals surface area contributed by atoms with Crippen LogP contribution in [0.5, 0.6) is 5.75 Å². The molecule has 1 fully saturated rings. The molecule has 0 bridgehead atoms. The van der Waals surface area contributed by atoms with Crippen LogP contribution in [0.3, 0.4) is 0 Å². The molecule has 0 unspecified atom stereocenters. The first-order valence-corrected chi connectivity index (χ1v) is 8.42. The number of carbonyl (C=O) groups is 3. The van der Waals surface area contributed by atoms with Gasteiger partial charge in [-0.3, -0.25) is 24.5 Å². The third-order valence-corrected chi connectivity index (χ3v) is 4.10. The SMILES string of the molecule is COc1ccc(C(=O)NCC(=O)O[C@H](C)C(=O)N2CCCC2)cc1[N+](=O)[O-]. The zero-order valence-electron chi connectivity index (χ0n) is 15.1. The van der Waals surface area contributed by atoms with Gasteiger partial charge in [0.1, 0.15) is 6.54 Å². The fraction of sp³-hybridized carbons (Fsp3) is 0.471. The van der Waals surface area contributed by atoms with Crippen LogP contribution in [-0.4, -0.2) is 60.5 Å². The molecule has 2 amide bonds. The Bertz CT molecular complexity index is 744. The Kier molecular flexibility index (Phi) is 6.69. The second-order valence-corrected chi connectivity index (χ2v) is 5.99. The Hall–Kier alpha value is -3.17. The number of nitro benzene ring substituents is 1. The molecule has 0 aliphatic carbocycles. The number of methoxy groups -OCH3 is 1. The number of amides is 2. The van der Waals surface area contributed by atoms with Crippen molar-refractivity contribution in [3.05, 3.63) is 33.9 Å². The van der Waals surface area contributed by atoms with Gasteiger partial charge in [0, 0.05) is 24.7 Å². The highest BCUT2D eigenvalue weighted by Crippen LogP contribution is 2.27. The molecule has 10 heteroatoms. The summed E-state index contributed by atoms with van der Waals surface area (Å²) in [4.78, 5) is 48.0. The van der Waals surface area contributed by atoms with Crippen LogP contribution in [0.25, 0.3) is 0 Å². The molecular weight excluding hydrogens is 358 g/mol. The quantitative estimate of drug-likeness (QED) is 0.423. The van der Waals surface area contributed by atoms with E-state index in [4.69, 9.17) is 9.47 Å². The molecule has 1 atom stereocenters. The smallest absolute Gasteiger partial charge is 0.326 e. The first-order chi connectivity index (χ1) is 12.8. The van der Waals surface area contributed by atoms with Crippen LogP contribution in [-0.2, 0) is 14.3 Å². The number of carbonyl (C=O) groups excluding carboxylic acids is 3. The monoisotopic (exact) mass is 379 g/mol. The molecule has 2 rings (SSSR count). The zero-order valence-corrected chi connectivity index (χ0v) is 15.1. The van der Waals surface area contributed by atoms with E-state index < -0.39 is 29.4 Å². The fourth-order valence-electron chi connectivity index (χ4n) is 2.71. The number of nitrogens with one attached hydrogen (secondary N) is 1. The number of ether oxygens (including phenoxy) is 2. The average Bonchev–Trinajstić information content (AvgIpc) is 3.19. The van der Waals surface area contributed by atoms with Gasteiger partial charge in [-0.25, -0.2) is 0 Å². The maximum absolute atomic E-state index is 12.1. The first kappa shape index (κ1) is 20.1. The molecule has 1 aromatic rings. The number of benzene rings is 1. The van der Waals surface area contributed by atoms with E-state index in [2.05, 4.69) is 5.32 Å². The van der Waals surface area contributed by atoms with Gasteiger partial charge in [0.15, 0.2) is 11.9 Å². The molecule has 1 heterocycles. The third kappa shape index (κ3) is 5.16. The zero-order chi connectivity index (χ0) is 20.0. The molecule has 1 aromatic carbocycles. The Morgan fingerprint density at radius 1 is 1.30 bits per heavy atom. The predicted molar refractivity (Wildman–Crippen MR) is 93.3 cm³/mol. The van der Waals surface area contributed by atoms with E-state index in [1.165, 1.54) is 26.2 Å². The topological polar surface area (TPSA) is 128 Å². The van der Waals surface area contributed by atoms with Crippen molar-refractivity contribution in [3.8, 4) is 5.75 Å². The van der Waals surface area contributed by atoms with Gasteiger partial charge in [0.25, 0.3) is 11.8 Å².